The minimum atomic E-state index is -0.0433. The molecule has 28 heavy (non-hydrogen) atoms. The second-order valence-corrected chi connectivity index (χ2v) is 9.84. The zero-order valence-electron chi connectivity index (χ0n) is 15.1. The first-order valence-electron chi connectivity index (χ1n) is 8.87. The monoisotopic (exact) mass is 449 g/mol. The lowest BCUT2D eigenvalue weighted by Crippen LogP contribution is -2.11. The first-order valence-corrected chi connectivity index (χ1v) is 12.0. The van der Waals surface area contributed by atoms with Crippen LogP contribution in [0.5, 0.6) is 0 Å². The van der Waals surface area contributed by atoms with E-state index in [0.29, 0.717) is 22.3 Å². The minimum Gasteiger partial charge on any atom is -0.300 e. The summed E-state index contributed by atoms with van der Waals surface area (Å²) < 4.78 is 0.888. The molecule has 0 unspecified atom stereocenters. The van der Waals surface area contributed by atoms with E-state index in [1.54, 1.807) is 23.5 Å². The molecule has 3 rings (SSSR count). The van der Waals surface area contributed by atoms with Crippen LogP contribution in [0.3, 0.4) is 0 Å². The van der Waals surface area contributed by atoms with Crippen molar-refractivity contribution in [3.8, 4) is 0 Å². The van der Waals surface area contributed by atoms with E-state index in [1.165, 1.54) is 16.9 Å². The van der Waals surface area contributed by atoms with E-state index in [9.17, 15) is 4.79 Å². The van der Waals surface area contributed by atoms with Crippen LogP contribution >= 0.6 is 46.5 Å². The number of halogens is 1. The van der Waals surface area contributed by atoms with Crippen molar-refractivity contribution < 1.29 is 4.79 Å². The summed E-state index contributed by atoms with van der Waals surface area (Å²) in [4.78, 5) is 13.2. The van der Waals surface area contributed by atoms with E-state index in [2.05, 4.69) is 39.8 Å². The van der Waals surface area contributed by atoms with Gasteiger partial charge in [-0.15, -0.1) is 22.0 Å². The third-order valence-electron chi connectivity index (χ3n) is 3.74. The Morgan fingerprint density at radius 2 is 1.79 bits per heavy atom. The maximum atomic E-state index is 12.1. The fourth-order valence-corrected chi connectivity index (χ4v) is 5.13. The summed E-state index contributed by atoms with van der Waals surface area (Å²) in [5.74, 6) is 1.64. The van der Waals surface area contributed by atoms with Crippen molar-refractivity contribution in [2.75, 3.05) is 16.8 Å². The molecule has 0 saturated carbocycles. The van der Waals surface area contributed by atoms with Gasteiger partial charge in [0.1, 0.15) is 0 Å². The number of rotatable bonds is 10. The Bertz CT molecular complexity index is 872. The van der Waals surface area contributed by atoms with E-state index in [0.717, 1.165) is 27.8 Å². The van der Waals surface area contributed by atoms with Gasteiger partial charge in [-0.05, 0) is 42.7 Å². The van der Waals surface area contributed by atoms with Crippen LogP contribution in [-0.2, 0) is 11.2 Å². The van der Waals surface area contributed by atoms with Gasteiger partial charge in [-0.1, -0.05) is 65.0 Å². The van der Waals surface area contributed by atoms with Gasteiger partial charge in [-0.2, -0.15) is 0 Å². The summed E-state index contributed by atoms with van der Waals surface area (Å²) in [7, 11) is 0. The number of benzene rings is 2. The van der Waals surface area contributed by atoms with E-state index < -0.39 is 0 Å². The quantitative estimate of drug-likeness (QED) is 0.232. The van der Waals surface area contributed by atoms with Crippen molar-refractivity contribution in [3.05, 3.63) is 65.2 Å². The second kappa shape index (κ2) is 11.5. The van der Waals surface area contributed by atoms with Gasteiger partial charge in [-0.3, -0.25) is 4.79 Å². The summed E-state index contributed by atoms with van der Waals surface area (Å²) >= 11 is 10.6. The van der Waals surface area contributed by atoms with Crippen LogP contribution in [0.15, 0.2) is 63.8 Å². The molecule has 4 nitrogen and oxygen atoms in total. The van der Waals surface area contributed by atoms with Crippen LogP contribution in [0, 0.1) is 0 Å². The van der Waals surface area contributed by atoms with E-state index in [4.69, 9.17) is 11.6 Å². The Morgan fingerprint density at radius 3 is 2.57 bits per heavy atom. The number of thioether (sulfide) groups is 2. The number of hydrogen-bond acceptors (Lipinski definition) is 6. The molecule has 0 radical (unpaired) electrons. The van der Waals surface area contributed by atoms with Crippen LogP contribution in [0.1, 0.15) is 18.4 Å². The topological polar surface area (TPSA) is 54.9 Å². The van der Waals surface area contributed by atoms with Crippen molar-refractivity contribution in [2.24, 2.45) is 0 Å². The molecule has 0 fully saturated rings. The average Bonchev–Trinajstić information content (AvgIpc) is 3.15. The maximum Gasteiger partial charge on any atom is 0.227 e. The molecule has 2 aromatic carbocycles. The highest BCUT2D eigenvalue weighted by Crippen LogP contribution is 2.27. The lowest BCUT2D eigenvalue weighted by atomic mass is 10.1. The normalized spacial score (nSPS) is 10.8. The molecule has 1 heterocycles. The number of aryl methyl sites for hydroxylation is 1. The Labute approximate surface area is 182 Å². The summed E-state index contributed by atoms with van der Waals surface area (Å²) in [6.07, 6.45) is 2.56. The molecule has 3 aromatic rings. The number of carbonyl (C=O) groups is 1. The molecule has 0 aliphatic carbocycles. The highest BCUT2D eigenvalue weighted by molar-refractivity contribution is 8.01. The van der Waals surface area contributed by atoms with Crippen molar-refractivity contribution >= 4 is 57.5 Å². The molecule has 1 aromatic heterocycles. The summed E-state index contributed by atoms with van der Waals surface area (Å²) in [5, 5.41) is 12.3. The lowest BCUT2D eigenvalue weighted by Gasteiger charge is -2.02. The van der Waals surface area contributed by atoms with Gasteiger partial charge in [0, 0.05) is 27.8 Å². The van der Waals surface area contributed by atoms with Crippen molar-refractivity contribution in [3.63, 3.8) is 0 Å². The van der Waals surface area contributed by atoms with Crippen LogP contribution in [0.4, 0.5) is 5.13 Å². The predicted octanol–water partition coefficient (Wildman–Crippen LogP) is 6.04. The first-order chi connectivity index (χ1) is 13.7. The van der Waals surface area contributed by atoms with Crippen molar-refractivity contribution in [1.29, 1.82) is 0 Å². The van der Waals surface area contributed by atoms with Gasteiger partial charge in [0.15, 0.2) is 4.34 Å². The number of nitrogens with one attached hydrogen (secondary N) is 1. The Kier molecular flexibility index (Phi) is 8.67. The molecule has 1 amide bonds. The third kappa shape index (κ3) is 7.47. The number of aromatic nitrogens is 2. The summed E-state index contributed by atoms with van der Waals surface area (Å²) in [6.45, 7) is 0. The van der Waals surface area contributed by atoms with Gasteiger partial charge in [0.2, 0.25) is 11.0 Å². The molecule has 0 saturated heterocycles. The van der Waals surface area contributed by atoms with Gasteiger partial charge >= 0.3 is 0 Å². The highest BCUT2D eigenvalue weighted by Gasteiger charge is 2.09. The Hall–Kier alpha value is -1.54. The number of hydrogen-bond donors (Lipinski definition) is 1. The SMILES string of the molecule is O=C(CCSc1ccc(Cl)cc1)Nc1nnc(SCCCc2ccccc2)s1. The minimum absolute atomic E-state index is 0.0433. The van der Waals surface area contributed by atoms with Crippen LogP contribution in [-0.4, -0.2) is 27.6 Å². The Balaban J connectivity index is 1.33. The standard InChI is InChI=1S/C20H20ClN3OS3/c21-16-8-10-17(11-9-16)26-14-12-18(25)22-19-23-24-20(28-19)27-13-4-7-15-5-2-1-3-6-15/h1-3,5-6,8-11H,4,7,12-14H2,(H,22,23,25). The van der Waals surface area contributed by atoms with Gasteiger partial charge < -0.3 is 5.32 Å². The number of anilines is 1. The smallest absolute Gasteiger partial charge is 0.227 e. The molecule has 0 spiro atoms. The molecule has 1 N–H and O–H groups in total. The van der Waals surface area contributed by atoms with Crippen LogP contribution < -0.4 is 5.32 Å². The fraction of sp³-hybridized carbons (Fsp3) is 0.250. The molecule has 8 heteroatoms. The van der Waals surface area contributed by atoms with E-state index in [1.807, 2.05) is 30.3 Å². The average molecular weight is 450 g/mol. The molecule has 0 aliphatic heterocycles. The van der Waals surface area contributed by atoms with Crippen LogP contribution in [0.25, 0.3) is 0 Å². The largest absolute Gasteiger partial charge is 0.300 e. The number of carbonyl (C=O) groups excluding carboxylic acids is 1. The molecular weight excluding hydrogens is 430 g/mol. The zero-order chi connectivity index (χ0) is 19.6. The van der Waals surface area contributed by atoms with Crippen molar-refractivity contribution in [1.82, 2.24) is 10.2 Å². The number of amides is 1. The van der Waals surface area contributed by atoms with Gasteiger partial charge in [0.25, 0.3) is 0 Å². The second-order valence-electron chi connectivity index (χ2n) is 5.91. The molecule has 146 valence electrons. The molecule has 0 aliphatic rings. The Morgan fingerprint density at radius 1 is 1.00 bits per heavy atom. The van der Waals surface area contributed by atoms with E-state index >= 15 is 0 Å². The first kappa shape index (κ1) is 21.2. The lowest BCUT2D eigenvalue weighted by molar-refractivity contribution is -0.115. The fourth-order valence-electron chi connectivity index (χ4n) is 2.37. The molecule has 0 bridgehead atoms. The molecular formula is C20H20ClN3OS3. The van der Waals surface area contributed by atoms with Gasteiger partial charge in [0.05, 0.1) is 0 Å². The zero-order valence-corrected chi connectivity index (χ0v) is 18.3. The maximum absolute atomic E-state index is 12.1. The highest BCUT2D eigenvalue weighted by atomic mass is 35.5. The molecule has 0 atom stereocenters. The predicted molar refractivity (Wildman–Crippen MR) is 121 cm³/mol. The summed E-state index contributed by atoms with van der Waals surface area (Å²) in [5.41, 5.74) is 1.35. The summed E-state index contributed by atoms with van der Waals surface area (Å²) in [6, 6.07) is 18.1. The van der Waals surface area contributed by atoms with Crippen molar-refractivity contribution in [2.45, 2.75) is 28.5 Å². The number of nitrogens with zero attached hydrogens (tertiary/aromatic N) is 2. The van der Waals surface area contributed by atoms with Crippen LogP contribution in [0.2, 0.25) is 5.02 Å². The van der Waals surface area contributed by atoms with Gasteiger partial charge in [-0.25, -0.2) is 0 Å². The third-order valence-corrected chi connectivity index (χ3v) is 7.07. The van der Waals surface area contributed by atoms with E-state index in [-0.39, 0.29) is 5.91 Å².